The van der Waals surface area contributed by atoms with Crippen molar-refractivity contribution < 1.29 is 4.74 Å². The molecule has 1 unspecified atom stereocenters. The third-order valence-corrected chi connectivity index (χ3v) is 3.30. The van der Waals surface area contributed by atoms with Gasteiger partial charge in [0.05, 0.1) is 6.61 Å². The molecular weight excluding hydrogens is 246 g/mol. The van der Waals surface area contributed by atoms with E-state index in [0.717, 1.165) is 30.8 Å². The molecule has 1 atom stereocenters. The highest BCUT2D eigenvalue weighted by atomic mass is 16.5. The smallest absolute Gasteiger partial charge is 0.119 e. The molecule has 0 fully saturated rings. The van der Waals surface area contributed by atoms with E-state index in [0.29, 0.717) is 0 Å². The number of aryl methyl sites for hydroxylation is 1. The average Bonchev–Trinajstić information content (AvgIpc) is 2.45. The van der Waals surface area contributed by atoms with E-state index < -0.39 is 0 Å². The molecule has 0 heterocycles. The van der Waals surface area contributed by atoms with Crippen LogP contribution in [0.15, 0.2) is 48.5 Å². The fourth-order valence-electron chi connectivity index (χ4n) is 2.27. The Kier molecular flexibility index (Phi) is 5.19. The minimum atomic E-state index is 0.00183. The minimum Gasteiger partial charge on any atom is -0.494 e. The third kappa shape index (κ3) is 4.10. The number of ether oxygens (including phenoxy) is 1. The SMILES string of the molecule is CCCOc1cccc(C(N)Cc2cccc(C)c2)c1. The molecule has 2 aromatic carbocycles. The molecule has 0 aromatic heterocycles. The minimum absolute atomic E-state index is 0.00183. The third-order valence-electron chi connectivity index (χ3n) is 3.30. The molecule has 106 valence electrons. The van der Waals surface area contributed by atoms with Crippen LogP contribution in [-0.2, 0) is 6.42 Å². The molecule has 0 amide bonds. The number of benzene rings is 2. The normalized spacial score (nSPS) is 12.2. The van der Waals surface area contributed by atoms with E-state index in [9.17, 15) is 0 Å². The van der Waals surface area contributed by atoms with Gasteiger partial charge in [0.15, 0.2) is 0 Å². The van der Waals surface area contributed by atoms with Gasteiger partial charge in [-0.25, -0.2) is 0 Å². The van der Waals surface area contributed by atoms with Crippen molar-refractivity contribution in [3.8, 4) is 5.75 Å². The Balaban J connectivity index is 2.06. The lowest BCUT2D eigenvalue weighted by molar-refractivity contribution is 0.317. The van der Waals surface area contributed by atoms with E-state index >= 15 is 0 Å². The molecule has 2 aromatic rings. The Morgan fingerprint density at radius 1 is 1.10 bits per heavy atom. The van der Waals surface area contributed by atoms with Crippen LogP contribution < -0.4 is 10.5 Å². The molecule has 0 aliphatic carbocycles. The first-order valence-electron chi connectivity index (χ1n) is 7.23. The van der Waals surface area contributed by atoms with Crippen molar-refractivity contribution in [1.29, 1.82) is 0 Å². The summed E-state index contributed by atoms with van der Waals surface area (Å²) >= 11 is 0. The average molecular weight is 269 g/mol. The van der Waals surface area contributed by atoms with E-state index in [-0.39, 0.29) is 6.04 Å². The maximum Gasteiger partial charge on any atom is 0.119 e. The highest BCUT2D eigenvalue weighted by Gasteiger charge is 2.08. The van der Waals surface area contributed by atoms with Crippen molar-refractivity contribution in [2.75, 3.05) is 6.61 Å². The molecule has 2 rings (SSSR count). The second-order valence-electron chi connectivity index (χ2n) is 5.22. The Bertz CT molecular complexity index is 551. The largest absolute Gasteiger partial charge is 0.494 e. The molecular formula is C18H23NO. The number of hydrogen-bond donors (Lipinski definition) is 1. The van der Waals surface area contributed by atoms with Crippen LogP contribution in [0, 0.1) is 6.92 Å². The zero-order valence-corrected chi connectivity index (χ0v) is 12.3. The van der Waals surface area contributed by atoms with Crippen LogP contribution in [0.2, 0.25) is 0 Å². The van der Waals surface area contributed by atoms with Crippen molar-refractivity contribution in [3.05, 3.63) is 65.2 Å². The summed E-state index contributed by atoms with van der Waals surface area (Å²) in [6.07, 6.45) is 1.86. The first kappa shape index (κ1) is 14.6. The van der Waals surface area contributed by atoms with E-state index in [1.807, 2.05) is 12.1 Å². The highest BCUT2D eigenvalue weighted by Crippen LogP contribution is 2.21. The molecule has 0 spiro atoms. The lowest BCUT2D eigenvalue weighted by Crippen LogP contribution is -2.13. The summed E-state index contributed by atoms with van der Waals surface area (Å²) in [4.78, 5) is 0. The summed E-state index contributed by atoms with van der Waals surface area (Å²) in [6, 6.07) is 16.6. The quantitative estimate of drug-likeness (QED) is 0.859. The fraction of sp³-hybridized carbons (Fsp3) is 0.333. The molecule has 20 heavy (non-hydrogen) atoms. The lowest BCUT2D eigenvalue weighted by atomic mass is 9.98. The molecule has 2 nitrogen and oxygen atoms in total. The first-order valence-corrected chi connectivity index (χ1v) is 7.23. The summed E-state index contributed by atoms with van der Waals surface area (Å²) in [7, 11) is 0. The van der Waals surface area contributed by atoms with Crippen LogP contribution in [0.3, 0.4) is 0 Å². The molecule has 2 N–H and O–H groups in total. The second kappa shape index (κ2) is 7.11. The molecule has 0 aliphatic rings. The monoisotopic (exact) mass is 269 g/mol. The van der Waals surface area contributed by atoms with E-state index in [1.165, 1.54) is 11.1 Å². The first-order chi connectivity index (χ1) is 9.69. The van der Waals surface area contributed by atoms with Gasteiger partial charge in [-0.15, -0.1) is 0 Å². The zero-order valence-electron chi connectivity index (χ0n) is 12.3. The van der Waals surface area contributed by atoms with Gasteiger partial charge in [0.25, 0.3) is 0 Å². The molecule has 0 saturated carbocycles. The molecule has 0 saturated heterocycles. The lowest BCUT2D eigenvalue weighted by Gasteiger charge is -2.14. The van der Waals surface area contributed by atoms with Crippen LogP contribution >= 0.6 is 0 Å². The van der Waals surface area contributed by atoms with E-state index in [2.05, 4.69) is 50.2 Å². The van der Waals surface area contributed by atoms with Crippen molar-refractivity contribution in [2.24, 2.45) is 5.73 Å². The highest BCUT2D eigenvalue weighted by molar-refractivity contribution is 5.32. The number of rotatable bonds is 6. The van der Waals surface area contributed by atoms with Crippen LogP contribution in [0.5, 0.6) is 5.75 Å². The van der Waals surface area contributed by atoms with Crippen molar-refractivity contribution in [1.82, 2.24) is 0 Å². The Morgan fingerprint density at radius 2 is 1.90 bits per heavy atom. The topological polar surface area (TPSA) is 35.2 Å². The predicted molar refractivity (Wildman–Crippen MR) is 84.0 cm³/mol. The number of nitrogens with two attached hydrogens (primary N) is 1. The van der Waals surface area contributed by atoms with Crippen molar-refractivity contribution in [3.63, 3.8) is 0 Å². The van der Waals surface area contributed by atoms with Gasteiger partial charge in [-0.3, -0.25) is 0 Å². The standard InChI is InChI=1S/C18H23NO/c1-3-10-20-17-9-5-8-16(13-17)18(19)12-15-7-4-6-14(2)11-15/h4-9,11,13,18H,3,10,12,19H2,1-2H3. The van der Waals surface area contributed by atoms with Crippen molar-refractivity contribution >= 4 is 0 Å². The Morgan fingerprint density at radius 3 is 2.65 bits per heavy atom. The summed E-state index contributed by atoms with van der Waals surface area (Å²) < 4.78 is 5.66. The van der Waals surface area contributed by atoms with Crippen LogP contribution in [0.4, 0.5) is 0 Å². The van der Waals surface area contributed by atoms with Gasteiger partial charge in [-0.1, -0.05) is 48.9 Å². The van der Waals surface area contributed by atoms with Gasteiger partial charge in [0.2, 0.25) is 0 Å². The second-order valence-corrected chi connectivity index (χ2v) is 5.22. The van der Waals surface area contributed by atoms with Crippen LogP contribution in [0.1, 0.15) is 36.1 Å². The summed E-state index contributed by atoms with van der Waals surface area (Å²) in [6.45, 7) is 4.96. The molecule has 0 aliphatic heterocycles. The van der Waals surface area contributed by atoms with Crippen LogP contribution in [0.25, 0.3) is 0 Å². The fourth-order valence-corrected chi connectivity index (χ4v) is 2.27. The Hall–Kier alpha value is -1.80. The zero-order chi connectivity index (χ0) is 14.4. The molecule has 2 heteroatoms. The van der Waals surface area contributed by atoms with E-state index in [4.69, 9.17) is 10.5 Å². The molecule has 0 radical (unpaired) electrons. The summed E-state index contributed by atoms with van der Waals surface area (Å²) in [5.74, 6) is 0.907. The molecule has 0 bridgehead atoms. The van der Waals surface area contributed by atoms with E-state index in [1.54, 1.807) is 0 Å². The van der Waals surface area contributed by atoms with Crippen LogP contribution in [-0.4, -0.2) is 6.61 Å². The van der Waals surface area contributed by atoms with Gasteiger partial charge in [-0.05, 0) is 43.0 Å². The summed E-state index contributed by atoms with van der Waals surface area (Å²) in [5, 5.41) is 0. The maximum absolute atomic E-state index is 6.32. The van der Waals surface area contributed by atoms with Gasteiger partial charge >= 0.3 is 0 Å². The maximum atomic E-state index is 6.32. The van der Waals surface area contributed by atoms with Gasteiger partial charge in [-0.2, -0.15) is 0 Å². The van der Waals surface area contributed by atoms with Gasteiger partial charge in [0.1, 0.15) is 5.75 Å². The van der Waals surface area contributed by atoms with Gasteiger partial charge < -0.3 is 10.5 Å². The summed E-state index contributed by atoms with van der Waals surface area (Å²) in [5.41, 5.74) is 9.99. The Labute approximate surface area is 121 Å². The predicted octanol–water partition coefficient (Wildman–Crippen LogP) is 4.03. The number of hydrogen-bond acceptors (Lipinski definition) is 2. The van der Waals surface area contributed by atoms with Crippen molar-refractivity contribution in [2.45, 2.75) is 32.7 Å². The van der Waals surface area contributed by atoms with Gasteiger partial charge in [0, 0.05) is 6.04 Å².